The van der Waals surface area contributed by atoms with Crippen LogP contribution < -0.4 is 9.80 Å². The van der Waals surface area contributed by atoms with Gasteiger partial charge in [-0.15, -0.1) is 10.2 Å². The van der Waals surface area contributed by atoms with Gasteiger partial charge in [-0.1, -0.05) is 12.1 Å². The predicted octanol–water partition coefficient (Wildman–Crippen LogP) is 3.98. The average Bonchev–Trinajstić information content (AvgIpc) is 3.59. The lowest BCUT2D eigenvalue weighted by molar-refractivity contribution is -0.122. The summed E-state index contributed by atoms with van der Waals surface area (Å²) < 4.78 is 0. The van der Waals surface area contributed by atoms with Crippen LogP contribution in [0.4, 0.5) is 17.3 Å². The summed E-state index contributed by atoms with van der Waals surface area (Å²) in [6.07, 6.45) is 5.54. The van der Waals surface area contributed by atoms with Crippen LogP contribution in [0.3, 0.4) is 0 Å². The zero-order valence-electron chi connectivity index (χ0n) is 20.0. The normalized spacial score (nSPS) is 20.0. The van der Waals surface area contributed by atoms with E-state index in [-0.39, 0.29) is 17.9 Å². The van der Waals surface area contributed by atoms with Gasteiger partial charge >= 0.3 is 0 Å². The average molecular weight is 455 g/mol. The molecule has 0 N–H and O–H groups in total. The van der Waals surface area contributed by atoms with Gasteiger partial charge in [-0.05, 0) is 70.7 Å². The van der Waals surface area contributed by atoms with Gasteiger partial charge in [0.25, 0.3) is 0 Å². The number of hydrogen-bond acceptors (Lipinski definition) is 6. The van der Waals surface area contributed by atoms with Crippen LogP contribution in [0.25, 0.3) is 11.1 Å². The van der Waals surface area contributed by atoms with Gasteiger partial charge in [-0.3, -0.25) is 19.4 Å². The Kier molecular flexibility index (Phi) is 4.11. The Labute approximate surface area is 198 Å². The standard InChI is InChI=1S/C26H26N6O2/c1-14-27-12-16(13-28-14)15-6-9-18-20(10-15)32(24(34)25(18,2)3)21-11-19-22(30-29-21)31(17-7-8-17)23(33)26(19,4)5/h6,9-13,17H,7-8H2,1-5H3. The molecule has 172 valence electrons. The molecule has 0 saturated heterocycles. The molecule has 4 heterocycles. The third-order valence-corrected chi connectivity index (χ3v) is 7.32. The fourth-order valence-corrected chi connectivity index (χ4v) is 5.00. The highest BCUT2D eigenvalue weighted by atomic mass is 16.2. The van der Waals surface area contributed by atoms with Crippen molar-refractivity contribution in [3.63, 3.8) is 0 Å². The molecule has 3 aromatic rings. The number of fused-ring (bicyclic) bond motifs is 2. The van der Waals surface area contributed by atoms with Crippen molar-refractivity contribution < 1.29 is 9.59 Å². The molecule has 1 fully saturated rings. The zero-order chi connectivity index (χ0) is 24.0. The minimum atomic E-state index is -0.719. The SMILES string of the molecule is Cc1ncc(-c2ccc3c(c2)N(c2cc4c(nn2)N(C2CC2)C(=O)C4(C)C)C(=O)C3(C)C)cn1. The van der Waals surface area contributed by atoms with Crippen LogP contribution in [0, 0.1) is 6.92 Å². The molecular formula is C26H26N6O2. The summed E-state index contributed by atoms with van der Waals surface area (Å²) in [5.74, 6) is 1.74. The Morgan fingerprint density at radius 1 is 0.853 bits per heavy atom. The summed E-state index contributed by atoms with van der Waals surface area (Å²) in [6, 6.07) is 8.05. The summed E-state index contributed by atoms with van der Waals surface area (Å²) in [7, 11) is 0. The van der Waals surface area contributed by atoms with Crippen molar-refractivity contribution >= 4 is 29.1 Å². The second-order valence-electron chi connectivity index (χ2n) is 10.5. The smallest absolute Gasteiger partial charge is 0.242 e. The maximum absolute atomic E-state index is 13.6. The van der Waals surface area contributed by atoms with Crippen LogP contribution in [0.1, 0.15) is 57.5 Å². The first-order valence-electron chi connectivity index (χ1n) is 11.6. The van der Waals surface area contributed by atoms with Crippen molar-refractivity contribution in [1.29, 1.82) is 0 Å². The van der Waals surface area contributed by atoms with Gasteiger partial charge in [0.2, 0.25) is 11.8 Å². The van der Waals surface area contributed by atoms with Crippen LogP contribution >= 0.6 is 0 Å². The highest BCUT2D eigenvalue weighted by Gasteiger charge is 2.52. The third kappa shape index (κ3) is 2.77. The van der Waals surface area contributed by atoms with E-state index in [9.17, 15) is 9.59 Å². The molecule has 8 nitrogen and oxygen atoms in total. The van der Waals surface area contributed by atoms with E-state index < -0.39 is 10.8 Å². The number of carbonyl (C=O) groups is 2. The molecule has 8 heteroatoms. The molecule has 0 radical (unpaired) electrons. The Morgan fingerprint density at radius 3 is 2.21 bits per heavy atom. The number of hydrogen-bond donors (Lipinski definition) is 0. The Morgan fingerprint density at radius 2 is 1.53 bits per heavy atom. The summed E-state index contributed by atoms with van der Waals surface area (Å²) >= 11 is 0. The largest absolute Gasteiger partial charge is 0.291 e. The molecule has 6 rings (SSSR count). The monoisotopic (exact) mass is 454 g/mol. The van der Waals surface area contributed by atoms with Gasteiger partial charge < -0.3 is 0 Å². The van der Waals surface area contributed by atoms with Gasteiger partial charge in [-0.25, -0.2) is 9.97 Å². The number of aryl methyl sites for hydroxylation is 1. The van der Waals surface area contributed by atoms with Gasteiger partial charge in [-0.2, -0.15) is 0 Å². The highest BCUT2D eigenvalue weighted by molar-refractivity contribution is 6.13. The lowest BCUT2D eigenvalue weighted by Gasteiger charge is -2.21. The minimum Gasteiger partial charge on any atom is -0.291 e. The lowest BCUT2D eigenvalue weighted by Crippen LogP contribution is -2.37. The molecule has 1 aliphatic carbocycles. The molecule has 3 aliphatic rings. The van der Waals surface area contributed by atoms with Gasteiger partial charge in [0.05, 0.1) is 16.5 Å². The minimum absolute atomic E-state index is 0.0478. The van der Waals surface area contributed by atoms with Crippen LogP contribution in [-0.4, -0.2) is 38.0 Å². The fourth-order valence-electron chi connectivity index (χ4n) is 5.00. The molecule has 1 saturated carbocycles. The van der Waals surface area contributed by atoms with Crippen LogP contribution in [0.2, 0.25) is 0 Å². The van der Waals surface area contributed by atoms with E-state index in [0.29, 0.717) is 17.5 Å². The molecular weight excluding hydrogens is 428 g/mol. The molecule has 1 aromatic carbocycles. The summed E-state index contributed by atoms with van der Waals surface area (Å²) in [5, 5.41) is 8.94. The summed E-state index contributed by atoms with van der Waals surface area (Å²) in [4.78, 5) is 38.8. The van der Waals surface area contributed by atoms with Crippen LogP contribution in [0.15, 0.2) is 36.7 Å². The van der Waals surface area contributed by atoms with Crippen molar-refractivity contribution in [2.24, 2.45) is 0 Å². The molecule has 2 amide bonds. The first kappa shape index (κ1) is 20.9. The van der Waals surface area contributed by atoms with Crippen molar-refractivity contribution in [3.8, 4) is 11.1 Å². The maximum atomic E-state index is 13.6. The van der Waals surface area contributed by atoms with E-state index in [1.165, 1.54) is 0 Å². The first-order valence-corrected chi connectivity index (χ1v) is 11.6. The van der Waals surface area contributed by atoms with Gasteiger partial charge in [0.15, 0.2) is 11.6 Å². The molecule has 0 spiro atoms. The number of amides is 2. The quantitative estimate of drug-likeness (QED) is 0.594. The molecule has 34 heavy (non-hydrogen) atoms. The van der Waals surface area contributed by atoms with E-state index >= 15 is 0 Å². The highest BCUT2D eigenvalue weighted by Crippen LogP contribution is 2.49. The number of carbonyl (C=O) groups excluding carboxylic acids is 2. The molecule has 2 aromatic heterocycles. The summed E-state index contributed by atoms with van der Waals surface area (Å²) in [6.45, 7) is 9.53. The molecule has 0 atom stereocenters. The molecule has 2 aliphatic heterocycles. The van der Waals surface area contributed by atoms with E-state index in [1.807, 2.05) is 58.9 Å². The second-order valence-corrected chi connectivity index (χ2v) is 10.5. The lowest BCUT2D eigenvalue weighted by atomic mass is 9.85. The first-order chi connectivity index (χ1) is 16.1. The maximum Gasteiger partial charge on any atom is 0.242 e. The topological polar surface area (TPSA) is 92.2 Å². The van der Waals surface area contributed by atoms with Crippen molar-refractivity contribution in [1.82, 2.24) is 20.2 Å². The number of benzene rings is 1. The van der Waals surface area contributed by atoms with Crippen LogP contribution in [0.5, 0.6) is 0 Å². The summed E-state index contributed by atoms with van der Waals surface area (Å²) in [5.41, 5.74) is 2.86. The number of anilines is 3. The van der Waals surface area contributed by atoms with E-state index in [2.05, 4.69) is 20.2 Å². The van der Waals surface area contributed by atoms with E-state index in [1.54, 1.807) is 22.2 Å². The fraction of sp³-hybridized carbons (Fsp3) is 0.385. The Hall–Kier alpha value is -3.68. The number of aromatic nitrogens is 4. The predicted molar refractivity (Wildman–Crippen MR) is 128 cm³/mol. The number of nitrogens with zero attached hydrogens (tertiary/aromatic N) is 6. The Balaban J connectivity index is 1.49. The van der Waals surface area contributed by atoms with Crippen molar-refractivity contribution in [2.75, 3.05) is 9.80 Å². The molecule has 0 unspecified atom stereocenters. The van der Waals surface area contributed by atoms with Gasteiger partial charge in [0, 0.05) is 29.6 Å². The van der Waals surface area contributed by atoms with E-state index in [0.717, 1.165) is 40.8 Å². The van der Waals surface area contributed by atoms with E-state index in [4.69, 9.17) is 0 Å². The second kappa shape index (κ2) is 6.68. The van der Waals surface area contributed by atoms with Crippen molar-refractivity contribution in [2.45, 2.75) is 64.3 Å². The molecule has 0 bridgehead atoms. The number of rotatable bonds is 3. The Bertz CT molecular complexity index is 1370. The van der Waals surface area contributed by atoms with Crippen LogP contribution in [-0.2, 0) is 20.4 Å². The third-order valence-electron chi connectivity index (χ3n) is 7.32. The zero-order valence-corrected chi connectivity index (χ0v) is 20.0. The van der Waals surface area contributed by atoms with Crippen molar-refractivity contribution in [3.05, 3.63) is 53.6 Å². The van der Waals surface area contributed by atoms with Gasteiger partial charge in [0.1, 0.15) is 5.82 Å².